The second-order valence-corrected chi connectivity index (χ2v) is 6.44. The lowest BCUT2D eigenvalue weighted by Crippen LogP contribution is -2.40. The molecule has 1 saturated heterocycles. The predicted octanol–water partition coefficient (Wildman–Crippen LogP) is -0.0977. The van der Waals surface area contributed by atoms with Crippen molar-refractivity contribution in [3.8, 4) is 6.07 Å². The van der Waals surface area contributed by atoms with Gasteiger partial charge in [0.25, 0.3) is 0 Å². The second-order valence-electron chi connectivity index (χ2n) is 4.76. The van der Waals surface area contributed by atoms with E-state index >= 15 is 0 Å². The summed E-state index contributed by atoms with van der Waals surface area (Å²) in [6.45, 7) is 1.59. The Hall–Kier alpha value is -2.24. The Kier molecular flexibility index (Phi) is 3.80. The van der Waals surface area contributed by atoms with Crippen LogP contribution in [0.3, 0.4) is 0 Å². The van der Waals surface area contributed by atoms with Crippen LogP contribution < -0.4 is 4.72 Å². The summed E-state index contributed by atoms with van der Waals surface area (Å²) in [6.07, 6.45) is -0.203. The number of nitrogens with one attached hydrogen (secondary N) is 1. The summed E-state index contributed by atoms with van der Waals surface area (Å²) in [6, 6.07) is 5.02. The van der Waals surface area contributed by atoms with E-state index in [1.165, 1.54) is 25.2 Å². The fourth-order valence-corrected chi connectivity index (χ4v) is 3.52. The van der Waals surface area contributed by atoms with Gasteiger partial charge < -0.3 is 0 Å². The van der Waals surface area contributed by atoms with Gasteiger partial charge in [-0.05, 0) is 24.6 Å². The van der Waals surface area contributed by atoms with E-state index in [-0.39, 0.29) is 16.9 Å². The lowest BCUT2D eigenvalue weighted by Gasteiger charge is -2.13. The van der Waals surface area contributed by atoms with Crippen LogP contribution in [-0.4, -0.2) is 38.2 Å². The molecular formula is C13H13N3O4S. The number of rotatable bonds is 3. The first-order chi connectivity index (χ1) is 9.76. The van der Waals surface area contributed by atoms with Crippen LogP contribution in [0.25, 0.3) is 0 Å². The van der Waals surface area contributed by atoms with Crippen LogP contribution in [0.5, 0.6) is 0 Å². The third-order valence-electron chi connectivity index (χ3n) is 3.29. The number of aryl methyl sites for hydroxylation is 1. The monoisotopic (exact) mass is 307 g/mol. The molecule has 7 nitrogen and oxygen atoms in total. The average molecular weight is 307 g/mol. The van der Waals surface area contributed by atoms with Crippen LogP contribution in [-0.2, 0) is 19.6 Å². The molecule has 8 heteroatoms. The minimum absolute atomic E-state index is 0.0728. The highest BCUT2D eigenvalue weighted by Crippen LogP contribution is 2.19. The fraction of sp³-hybridized carbons (Fsp3) is 0.308. The number of carbonyl (C=O) groups excluding carboxylic acids is 2. The van der Waals surface area contributed by atoms with E-state index in [1.54, 1.807) is 6.92 Å². The Morgan fingerprint density at radius 2 is 2.05 bits per heavy atom. The molecule has 0 saturated carbocycles. The second kappa shape index (κ2) is 5.27. The zero-order valence-electron chi connectivity index (χ0n) is 11.5. The van der Waals surface area contributed by atoms with Crippen molar-refractivity contribution >= 4 is 21.8 Å². The highest BCUT2D eigenvalue weighted by molar-refractivity contribution is 7.89. The summed E-state index contributed by atoms with van der Waals surface area (Å²) in [5, 5.41) is 8.84. The predicted molar refractivity (Wildman–Crippen MR) is 72.4 cm³/mol. The maximum atomic E-state index is 12.3. The van der Waals surface area contributed by atoms with Crippen molar-refractivity contribution in [2.45, 2.75) is 24.3 Å². The molecule has 0 aromatic heterocycles. The highest BCUT2D eigenvalue weighted by Gasteiger charge is 2.38. The van der Waals surface area contributed by atoms with Gasteiger partial charge in [0.15, 0.2) is 0 Å². The molecular weight excluding hydrogens is 294 g/mol. The Labute approximate surface area is 122 Å². The number of amides is 2. The van der Waals surface area contributed by atoms with E-state index in [9.17, 15) is 18.0 Å². The number of imide groups is 1. The molecule has 1 N–H and O–H groups in total. The van der Waals surface area contributed by atoms with Gasteiger partial charge in [0, 0.05) is 7.05 Å². The smallest absolute Gasteiger partial charge is 0.247 e. The molecule has 110 valence electrons. The standard InChI is InChI=1S/C13H13N3O4S/c1-8-3-4-9(7-14)5-11(8)21(19,20)15-10-6-12(17)16(2)13(10)18/h3-5,10,15H,6H2,1-2H3. The quantitative estimate of drug-likeness (QED) is 0.785. The van der Waals surface area contributed by atoms with E-state index in [2.05, 4.69) is 4.72 Å². The largest absolute Gasteiger partial charge is 0.284 e. The maximum Gasteiger partial charge on any atom is 0.247 e. The van der Waals surface area contributed by atoms with E-state index < -0.39 is 27.9 Å². The molecule has 0 spiro atoms. The minimum atomic E-state index is -3.99. The molecule has 0 bridgehead atoms. The number of hydrogen-bond donors (Lipinski definition) is 1. The Morgan fingerprint density at radius 1 is 1.38 bits per heavy atom. The molecule has 1 aromatic carbocycles. The van der Waals surface area contributed by atoms with Crippen LogP contribution in [0.4, 0.5) is 0 Å². The van der Waals surface area contributed by atoms with Gasteiger partial charge in [0.1, 0.15) is 6.04 Å². The summed E-state index contributed by atoms with van der Waals surface area (Å²) in [4.78, 5) is 24.0. The number of hydrogen-bond acceptors (Lipinski definition) is 5. The number of carbonyl (C=O) groups is 2. The molecule has 1 atom stereocenters. The van der Waals surface area contributed by atoms with Crippen molar-refractivity contribution in [3.05, 3.63) is 29.3 Å². The molecule has 2 rings (SSSR count). The number of nitrogens with zero attached hydrogens (tertiary/aromatic N) is 2. The zero-order chi connectivity index (χ0) is 15.8. The fourth-order valence-electron chi connectivity index (χ4n) is 2.06. The van der Waals surface area contributed by atoms with Gasteiger partial charge in [-0.25, -0.2) is 8.42 Å². The van der Waals surface area contributed by atoms with Crippen LogP contribution in [0.15, 0.2) is 23.1 Å². The summed E-state index contributed by atoms with van der Waals surface area (Å²) in [5.41, 5.74) is 0.651. The van der Waals surface area contributed by atoms with Crippen LogP contribution >= 0.6 is 0 Å². The molecule has 1 unspecified atom stereocenters. The Bertz CT molecular complexity index is 764. The average Bonchev–Trinajstić information content (AvgIpc) is 2.66. The molecule has 21 heavy (non-hydrogen) atoms. The van der Waals surface area contributed by atoms with Crippen LogP contribution in [0.2, 0.25) is 0 Å². The number of nitriles is 1. The number of likely N-dealkylation sites (tertiary alicyclic amines) is 1. The van der Waals surface area contributed by atoms with Crippen molar-refractivity contribution in [3.63, 3.8) is 0 Å². The third kappa shape index (κ3) is 2.79. The molecule has 1 aromatic rings. The van der Waals surface area contributed by atoms with E-state index in [0.29, 0.717) is 5.56 Å². The first-order valence-corrected chi connectivity index (χ1v) is 7.58. The summed E-state index contributed by atoms with van der Waals surface area (Å²) >= 11 is 0. The SMILES string of the molecule is Cc1ccc(C#N)cc1S(=O)(=O)NC1CC(=O)N(C)C1=O. The van der Waals surface area contributed by atoms with Gasteiger partial charge in [-0.2, -0.15) is 9.98 Å². The van der Waals surface area contributed by atoms with Gasteiger partial charge in [-0.3, -0.25) is 14.5 Å². The lowest BCUT2D eigenvalue weighted by atomic mass is 10.2. The number of benzene rings is 1. The molecule has 0 radical (unpaired) electrons. The highest BCUT2D eigenvalue weighted by atomic mass is 32.2. The van der Waals surface area contributed by atoms with Gasteiger partial charge in [-0.1, -0.05) is 6.07 Å². The van der Waals surface area contributed by atoms with Crippen molar-refractivity contribution in [2.24, 2.45) is 0 Å². The molecule has 2 amide bonds. The first kappa shape index (κ1) is 15.2. The molecule has 1 fully saturated rings. The molecule has 0 aliphatic carbocycles. The van der Waals surface area contributed by atoms with E-state index in [0.717, 1.165) is 4.90 Å². The number of sulfonamides is 1. The summed E-state index contributed by atoms with van der Waals surface area (Å²) in [5.74, 6) is -1.02. The van der Waals surface area contributed by atoms with Crippen LogP contribution in [0, 0.1) is 18.3 Å². The number of likely N-dealkylation sites (N-methyl/N-ethyl adjacent to an activating group) is 1. The minimum Gasteiger partial charge on any atom is -0.284 e. The van der Waals surface area contributed by atoms with Gasteiger partial charge in [0.05, 0.1) is 22.9 Å². The van der Waals surface area contributed by atoms with E-state index in [4.69, 9.17) is 5.26 Å². The maximum absolute atomic E-state index is 12.3. The van der Waals surface area contributed by atoms with Gasteiger partial charge >= 0.3 is 0 Å². The normalized spacial score (nSPS) is 18.9. The van der Waals surface area contributed by atoms with Crippen molar-refractivity contribution in [1.82, 2.24) is 9.62 Å². The summed E-state index contributed by atoms with van der Waals surface area (Å²) < 4.78 is 26.9. The van der Waals surface area contributed by atoms with Crippen LogP contribution in [0.1, 0.15) is 17.5 Å². The Balaban J connectivity index is 2.34. The first-order valence-electron chi connectivity index (χ1n) is 6.10. The van der Waals surface area contributed by atoms with E-state index in [1.807, 2.05) is 6.07 Å². The van der Waals surface area contributed by atoms with Gasteiger partial charge in [-0.15, -0.1) is 0 Å². The lowest BCUT2D eigenvalue weighted by molar-refractivity contribution is -0.137. The zero-order valence-corrected chi connectivity index (χ0v) is 12.3. The summed E-state index contributed by atoms with van der Waals surface area (Å²) in [7, 11) is -2.68. The Morgan fingerprint density at radius 3 is 2.57 bits per heavy atom. The van der Waals surface area contributed by atoms with Gasteiger partial charge in [0.2, 0.25) is 21.8 Å². The van der Waals surface area contributed by atoms with Crippen molar-refractivity contribution < 1.29 is 18.0 Å². The molecule has 1 aliphatic rings. The molecule has 1 heterocycles. The van der Waals surface area contributed by atoms with Crippen molar-refractivity contribution in [2.75, 3.05) is 7.05 Å². The van der Waals surface area contributed by atoms with Crippen molar-refractivity contribution in [1.29, 1.82) is 5.26 Å². The third-order valence-corrected chi connectivity index (χ3v) is 4.90. The topological polar surface area (TPSA) is 107 Å². The molecule has 1 aliphatic heterocycles.